The van der Waals surface area contributed by atoms with Gasteiger partial charge in [-0.2, -0.15) is 0 Å². The molecule has 8 heteroatoms. The maximum absolute atomic E-state index is 14.0. The molecule has 28 heavy (non-hydrogen) atoms. The van der Waals surface area contributed by atoms with Crippen LogP contribution >= 0.6 is 24.0 Å². The number of halogens is 2. The zero-order chi connectivity index (χ0) is 19.2. The number of anilines is 1. The Balaban J connectivity index is 0.00000280. The lowest BCUT2D eigenvalue weighted by Crippen LogP contribution is -2.52. The Labute approximate surface area is 183 Å². The molecule has 0 saturated carbocycles. The molecule has 0 radical (unpaired) electrons. The highest BCUT2D eigenvalue weighted by atomic mass is 127. The van der Waals surface area contributed by atoms with Gasteiger partial charge in [-0.05, 0) is 25.0 Å². The number of guanidine groups is 1. The second kappa shape index (κ2) is 10.6. The molecule has 0 amide bonds. The number of aromatic nitrogens is 1. The normalized spacial score (nSPS) is 15.0. The number of para-hydroxylation sites is 1. The molecular formula is C20H29FIN5O. The fraction of sp³-hybridized carbons (Fsp3) is 0.500. The summed E-state index contributed by atoms with van der Waals surface area (Å²) in [5.41, 5.74) is 1.62. The summed E-state index contributed by atoms with van der Waals surface area (Å²) in [5.74, 6) is 1.79. The molecule has 0 unspecified atom stereocenters. The van der Waals surface area contributed by atoms with E-state index in [1.807, 2.05) is 18.2 Å². The minimum atomic E-state index is -0.169. The van der Waals surface area contributed by atoms with E-state index in [9.17, 15) is 4.39 Å². The number of hydrogen-bond acceptors (Lipinski definition) is 4. The Hall–Kier alpha value is -1.84. The summed E-state index contributed by atoms with van der Waals surface area (Å²) >= 11 is 0. The van der Waals surface area contributed by atoms with Crippen molar-refractivity contribution in [2.45, 2.75) is 33.2 Å². The second-order valence-corrected chi connectivity index (χ2v) is 6.97. The fourth-order valence-electron chi connectivity index (χ4n) is 3.12. The highest BCUT2D eigenvalue weighted by Crippen LogP contribution is 2.20. The fourth-order valence-corrected chi connectivity index (χ4v) is 3.12. The molecule has 0 atom stereocenters. The van der Waals surface area contributed by atoms with Gasteiger partial charge < -0.3 is 19.6 Å². The molecule has 1 aromatic heterocycles. The van der Waals surface area contributed by atoms with E-state index >= 15 is 0 Å². The van der Waals surface area contributed by atoms with Gasteiger partial charge in [0, 0.05) is 38.8 Å². The third-order valence-electron chi connectivity index (χ3n) is 4.66. The van der Waals surface area contributed by atoms with Crippen LogP contribution in [-0.4, -0.2) is 48.7 Å². The van der Waals surface area contributed by atoms with Gasteiger partial charge in [0.1, 0.15) is 12.4 Å². The third kappa shape index (κ3) is 5.59. The Morgan fingerprint density at radius 2 is 1.96 bits per heavy atom. The molecule has 0 aliphatic carbocycles. The standard InChI is InChI=1S/C20H28FN5O.HI/c1-4-22-20(23-14-16-13-18(15(2)3)24-27-16)26-11-9-25(10-12-26)19-8-6-5-7-17(19)21;/h5-8,13,15H,4,9-12,14H2,1-3H3,(H,22,23);1H. The van der Waals surface area contributed by atoms with Crippen molar-refractivity contribution in [2.75, 3.05) is 37.6 Å². The summed E-state index contributed by atoms with van der Waals surface area (Å²) in [6, 6.07) is 8.91. The molecular weight excluding hydrogens is 472 g/mol. The Bertz CT molecular complexity index is 771. The van der Waals surface area contributed by atoms with Crippen LogP contribution in [0.1, 0.15) is 38.1 Å². The summed E-state index contributed by atoms with van der Waals surface area (Å²) in [6.45, 7) is 10.6. The van der Waals surface area contributed by atoms with Gasteiger partial charge in [0.15, 0.2) is 11.7 Å². The smallest absolute Gasteiger partial charge is 0.194 e. The summed E-state index contributed by atoms with van der Waals surface area (Å²) in [7, 11) is 0. The largest absolute Gasteiger partial charge is 0.366 e. The first-order valence-electron chi connectivity index (χ1n) is 9.56. The lowest BCUT2D eigenvalue weighted by molar-refractivity contribution is 0.363. The number of nitrogens with one attached hydrogen (secondary N) is 1. The van der Waals surface area contributed by atoms with Crippen LogP contribution in [0, 0.1) is 5.82 Å². The second-order valence-electron chi connectivity index (χ2n) is 6.97. The van der Waals surface area contributed by atoms with Gasteiger partial charge in [0.2, 0.25) is 0 Å². The Kier molecular flexibility index (Phi) is 8.53. The van der Waals surface area contributed by atoms with Gasteiger partial charge in [-0.3, -0.25) is 0 Å². The molecule has 1 aliphatic rings. The zero-order valence-corrected chi connectivity index (χ0v) is 19.0. The van der Waals surface area contributed by atoms with Gasteiger partial charge >= 0.3 is 0 Å². The lowest BCUT2D eigenvalue weighted by Gasteiger charge is -2.37. The number of rotatable bonds is 5. The average molecular weight is 501 g/mol. The molecule has 6 nitrogen and oxygen atoms in total. The molecule has 1 saturated heterocycles. The molecule has 154 valence electrons. The Morgan fingerprint density at radius 3 is 2.57 bits per heavy atom. The maximum Gasteiger partial charge on any atom is 0.194 e. The van der Waals surface area contributed by atoms with E-state index in [1.54, 1.807) is 6.07 Å². The molecule has 0 bridgehead atoms. The van der Waals surface area contributed by atoms with Gasteiger partial charge in [-0.25, -0.2) is 9.38 Å². The minimum Gasteiger partial charge on any atom is -0.366 e. The van der Waals surface area contributed by atoms with Crippen molar-refractivity contribution in [3.05, 3.63) is 47.6 Å². The number of aliphatic imine (C=N–C) groups is 1. The van der Waals surface area contributed by atoms with Crippen LogP contribution in [0.3, 0.4) is 0 Å². The van der Waals surface area contributed by atoms with E-state index in [1.165, 1.54) is 6.07 Å². The van der Waals surface area contributed by atoms with Crippen LogP contribution in [0.2, 0.25) is 0 Å². The monoisotopic (exact) mass is 501 g/mol. The van der Waals surface area contributed by atoms with Crippen molar-refractivity contribution < 1.29 is 8.91 Å². The predicted molar refractivity (Wildman–Crippen MR) is 121 cm³/mol. The van der Waals surface area contributed by atoms with Crippen LogP contribution < -0.4 is 10.2 Å². The highest BCUT2D eigenvalue weighted by molar-refractivity contribution is 14.0. The van der Waals surface area contributed by atoms with Gasteiger partial charge in [-0.15, -0.1) is 24.0 Å². The molecule has 2 aromatic rings. The molecule has 2 heterocycles. The van der Waals surface area contributed by atoms with Crippen molar-refractivity contribution in [3.8, 4) is 0 Å². The van der Waals surface area contributed by atoms with Gasteiger partial charge in [0.05, 0.1) is 11.4 Å². The summed E-state index contributed by atoms with van der Waals surface area (Å²) < 4.78 is 19.4. The van der Waals surface area contributed by atoms with E-state index in [-0.39, 0.29) is 29.8 Å². The molecule has 0 spiro atoms. The Morgan fingerprint density at radius 1 is 1.25 bits per heavy atom. The predicted octanol–water partition coefficient (Wildman–Crippen LogP) is 3.84. The molecule has 3 rings (SSSR count). The SMILES string of the molecule is CCNC(=NCc1cc(C(C)C)no1)N1CCN(c2ccccc2F)CC1.I. The molecule has 1 aromatic carbocycles. The van der Waals surface area contributed by atoms with Crippen molar-refractivity contribution in [3.63, 3.8) is 0 Å². The third-order valence-corrected chi connectivity index (χ3v) is 4.66. The summed E-state index contributed by atoms with van der Waals surface area (Å²) in [6.07, 6.45) is 0. The van der Waals surface area contributed by atoms with E-state index < -0.39 is 0 Å². The van der Waals surface area contributed by atoms with Gasteiger partial charge in [0.25, 0.3) is 0 Å². The topological polar surface area (TPSA) is 56.9 Å². The van der Waals surface area contributed by atoms with Crippen LogP contribution in [-0.2, 0) is 6.54 Å². The first-order chi connectivity index (χ1) is 13.1. The first-order valence-corrected chi connectivity index (χ1v) is 9.56. The van der Waals surface area contributed by atoms with Crippen LogP contribution in [0.25, 0.3) is 0 Å². The highest BCUT2D eigenvalue weighted by Gasteiger charge is 2.21. The van der Waals surface area contributed by atoms with E-state index in [4.69, 9.17) is 9.52 Å². The van der Waals surface area contributed by atoms with Gasteiger partial charge in [-0.1, -0.05) is 31.1 Å². The van der Waals surface area contributed by atoms with Crippen LogP contribution in [0.4, 0.5) is 10.1 Å². The quantitative estimate of drug-likeness (QED) is 0.384. The average Bonchev–Trinajstić information content (AvgIpc) is 3.15. The molecule has 1 aliphatic heterocycles. The van der Waals surface area contributed by atoms with E-state index in [0.29, 0.717) is 18.2 Å². The van der Waals surface area contributed by atoms with Crippen molar-refractivity contribution in [2.24, 2.45) is 4.99 Å². The minimum absolute atomic E-state index is 0. The van der Waals surface area contributed by atoms with E-state index in [0.717, 1.165) is 50.1 Å². The number of benzene rings is 1. The van der Waals surface area contributed by atoms with Crippen molar-refractivity contribution in [1.29, 1.82) is 0 Å². The number of hydrogen-bond donors (Lipinski definition) is 1. The molecule has 1 fully saturated rings. The summed E-state index contributed by atoms with van der Waals surface area (Å²) in [4.78, 5) is 8.99. The van der Waals surface area contributed by atoms with Crippen molar-refractivity contribution >= 4 is 35.6 Å². The number of piperazine rings is 1. The van der Waals surface area contributed by atoms with Crippen LogP contribution in [0.15, 0.2) is 39.8 Å². The lowest BCUT2D eigenvalue weighted by atomic mass is 10.1. The summed E-state index contributed by atoms with van der Waals surface area (Å²) in [5, 5.41) is 7.42. The zero-order valence-electron chi connectivity index (χ0n) is 16.7. The maximum atomic E-state index is 14.0. The van der Waals surface area contributed by atoms with Crippen molar-refractivity contribution in [1.82, 2.24) is 15.4 Å². The van der Waals surface area contributed by atoms with Crippen LogP contribution in [0.5, 0.6) is 0 Å². The molecule has 1 N–H and O–H groups in total. The number of nitrogens with zero attached hydrogens (tertiary/aromatic N) is 4. The first kappa shape index (κ1) is 22.4. The van der Waals surface area contributed by atoms with E-state index in [2.05, 4.69) is 41.0 Å².